The van der Waals surface area contributed by atoms with Crippen molar-refractivity contribution in [1.82, 2.24) is 4.90 Å². The minimum absolute atomic E-state index is 0.00967. The molecule has 0 aromatic heterocycles. The second kappa shape index (κ2) is 7.03. The molecule has 4 heteroatoms. The van der Waals surface area contributed by atoms with Gasteiger partial charge in [0.15, 0.2) is 0 Å². The standard InChI is InChI=1S/C17H25FN2O/c1-12-7-13(2)17(14(3)8-12)19-16(21)11-20-6-4-5-15(9-18)10-20/h7-8,15H,4-6,9-11H2,1-3H3,(H,19,21). The van der Waals surface area contributed by atoms with Gasteiger partial charge in [0.1, 0.15) is 0 Å². The summed E-state index contributed by atoms with van der Waals surface area (Å²) < 4.78 is 12.8. The van der Waals surface area contributed by atoms with Crippen molar-refractivity contribution >= 4 is 11.6 Å². The number of piperidine rings is 1. The van der Waals surface area contributed by atoms with Crippen molar-refractivity contribution in [2.75, 3.05) is 31.6 Å². The number of nitrogens with zero attached hydrogens (tertiary/aromatic N) is 1. The third-order valence-corrected chi connectivity index (χ3v) is 4.13. The maximum absolute atomic E-state index is 12.8. The number of anilines is 1. The zero-order chi connectivity index (χ0) is 15.4. The van der Waals surface area contributed by atoms with Crippen LogP contribution in [-0.2, 0) is 4.79 Å². The molecule has 1 aromatic rings. The fraction of sp³-hybridized carbons (Fsp3) is 0.588. The van der Waals surface area contributed by atoms with E-state index in [9.17, 15) is 9.18 Å². The molecule has 1 atom stereocenters. The summed E-state index contributed by atoms with van der Waals surface area (Å²) in [7, 11) is 0. The maximum atomic E-state index is 12.8. The van der Waals surface area contributed by atoms with E-state index in [0.29, 0.717) is 13.1 Å². The Hall–Kier alpha value is -1.42. The molecule has 3 nitrogen and oxygen atoms in total. The van der Waals surface area contributed by atoms with E-state index in [1.54, 1.807) is 0 Å². The van der Waals surface area contributed by atoms with Crippen molar-refractivity contribution in [2.24, 2.45) is 5.92 Å². The summed E-state index contributed by atoms with van der Waals surface area (Å²) in [6.07, 6.45) is 1.91. The van der Waals surface area contributed by atoms with E-state index in [1.807, 2.05) is 13.8 Å². The SMILES string of the molecule is Cc1cc(C)c(NC(=O)CN2CCCC(CF)C2)c(C)c1. The predicted octanol–water partition coefficient (Wildman–Crippen LogP) is 3.23. The van der Waals surface area contributed by atoms with Crippen molar-refractivity contribution in [3.63, 3.8) is 0 Å². The molecule has 21 heavy (non-hydrogen) atoms. The molecule has 1 amide bonds. The van der Waals surface area contributed by atoms with E-state index in [-0.39, 0.29) is 18.5 Å². The molecule has 1 saturated heterocycles. The number of amides is 1. The molecule has 0 radical (unpaired) electrons. The smallest absolute Gasteiger partial charge is 0.238 e. The molecule has 2 rings (SSSR count). The second-order valence-corrected chi connectivity index (χ2v) is 6.22. The average molecular weight is 292 g/mol. The van der Waals surface area contributed by atoms with E-state index in [1.165, 1.54) is 5.56 Å². The van der Waals surface area contributed by atoms with Gasteiger partial charge in [-0.1, -0.05) is 17.7 Å². The van der Waals surface area contributed by atoms with Gasteiger partial charge in [-0.2, -0.15) is 0 Å². The number of nitrogens with one attached hydrogen (secondary N) is 1. The van der Waals surface area contributed by atoms with Gasteiger partial charge in [0.2, 0.25) is 5.91 Å². The highest BCUT2D eigenvalue weighted by molar-refractivity contribution is 5.93. The Kier molecular flexibility index (Phi) is 5.34. The van der Waals surface area contributed by atoms with Crippen molar-refractivity contribution in [3.05, 3.63) is 28.8 Å². The van der Waals surface area contributed by atoms with Crippen LogP contribution in [0, 0.1) is 26.7 Å². The molecule has 1 aliphatic heterocycles. The van der Waals surface area contributed by atoms with Gasteiger partial charge in [-0.15, -0.1) is 0 Å². The minimum Gasteiger partial charge on any atom is -0.324 e. The number of hydrogen-bond donors (Lipinski definition) is 1. The maximum Gasteiger partial charge on any atom is 0.238 e. The minimum atomic E-state index is -0.283. The van der Waals surface area contributed by atoms with E-state index >= 15 is 0 Å². The number of carbonyl (C=O) groups excluding carboxylic acids is 1. The number of aryl methyl sites for hydroxylation is 3. The first-order valence-electron chi connectivity index (χ1n) is 7.65. The normalized spacial score (nSPS) is 19.5. The Morgan fingerprint density at radius 3 is 2.62 bits per heavy atom. The van der Waals surface area contributed by atoms with Gasteiger partial charge in [0.05, 0.1) is 13.2 Å². The zero-order valence-corrected chi connectivity index (χ0v) is 13.2. The first kappa shape index (κ1) is 16.0. The van der Waals surface area contributed by atoms with Gasteiger partial charge in [0, 0.05) is 18.2 Å². The van der Waals surface area contributed by atoms with E-state index in [0.717, 1.165) is 36.2 Å². The van der Waals surface area contributed by atoms with Crippen molar-refractivity contribution in [3.8, 4) is 0 Å². The summed E-state index contributed by atoms with van der Waals surface area (Å²) >= 11 is 0. The van der Waals surface area contributed by atoms with Crippen LogP contribution in [0.25, 0.3) is 0 Å². The molecule has 1 fully saturated rings. The average Bonchev–Trinajstić information content (AvgIpc) is 2.43. The van der Waals surface area contributed by atoms with E-state index < -0.39 is 0 Å². The number of benzene rings is 1. The number of hydrogen-bond acceptors (Lipinski definition) is 2. The molecular formula is C17H25FN2O. The van der Waals surface area contributed by atoms with Crippen LogP contribution >= 0.6 is 0 Å². The molecule has 1 N–H and O–H groups in total. The highest BCUT2D eigenvalue weighted by Crippen LogP contribution is 2.22. The van der Waals surface area contributed by atoms with Crippen LogP contribution in [0.5, 0.6) is 0 Å². The molecule has 0 saturated carbocycles. The third kappa shape index (κ3) is 4.27. The second-order valence-electron chi connectivity index (χ2n) is 6.22. The van der Waals surface area contributed by atoms with Crippen molar-refractivity contribution in [2.45, 2.75) is 33.6 Å². The lowest BCUT2D eigenvalue weighted by Gasteiger charge is -2.30. The molecule has 1 heterocycles. The quantitative estimate of drug-likeness (QED) is 0.924. The fourth-order valence-corrected chi connectivity index (χ4v) is 3.18. The lowest BCUT2D eigenvalue weighted by Crippen LogP contribution is -2.41. The summed E-state index contributed by atoms with van der Waals surface area (Å²) in [5, 5.41) is 3.01. The fourth-order valence-electron chi connectivity index (χ4n) is 3.18. The molecule has 1 aromatic carbocycles. The first-order chi connectivity index (χ1) is 9.99. The van der Waals surface area contributed by atoms with Crippen molar-refractivity contribution < 1.29 is 9.18 Å². The number of rotatable bonds is 4. The third-order valence-electron chi connectivity index (χ3n) is 4.13. The van der Waals surface area contributed by atoms with Crippen LogP contribution in [0.15, 0.2) is 12.1 Å². The lowest BCUT2D eigenvalue weighted by atomic mass is 9.99. The van der Waals surface area contributed by atoms with Gasteiger partial charge in [-0.05, 0) is 51.3 Å². The summed E-state index contributed by atoms with van der Waals surface area (Å²) in [5.74, 6) is 0.0824. The largest absolute Gasteiger partial charge is 0.324 e. The Morgan fingerprint density at radius 2 is 2.00 bits per heavy atom. The summed E-state index contributed by atoms with van der Waals surface area (Å²) in [4.78, 5) is 14.3. The highest BCUT2D eigenvalue weighted by Gasteiger charge is 2.21. The Morgan fingerprint density at radius 1 is 1.33 bits per heavy atom. The first-order valence-corrected chi connectivity index (χ1v) is 7.65. The summed E-state index contributed by atoms with van der Waals surface area (Å²) in [5.41, 5.74) is 4.27. The Labute approximate surface area is 126 Å². The predicted molar refractivity (Wildman–Crippen MR) is 84.4 cm³/mol. The lowest BCUT2D eigenvalue weighted by molar-refractivity contribution is -0.117. The van der Waals surface area contributed by atoms with Crippen LogP contribution < -0.4 is 5.32 Å². The van der Waals surface area contributed by atoms with Crippen LogP contribution in [0.1, 0.15) is 29.5 Å². The molecule has 0 spiro atoms. The molecule has 1 unspecified atom stereocenters. The van der Waals surface area contributed by atoms with E-state index in [4.69, 9.17) is 0 Å². The van der Waals surface area contributed by atoms with Crippen LogP contribution in [-0.4, -0.2) is 37.1 Å². The van der Waals surface area contributed by atoms with Crippen LogP contribution in [0.3, 0.4) is 0 Å². The van der Waals surface area contributed by atoms with Crippen molar-refractivity contribution in [1.29, 1.82) is 0 Å². The molecule has 0 aliphatic carbocycles. The Bertz CT molecular complexity index is 493. The number of likely N-dealkylation sites (tertiary alicyclic amines) is 1. The monoisotopic (exact) mass is 292 g/mol. The number of alkyl halides is 1. The van der Waals surface area contributed by atoms with Crippen LogP contribution in [0.4, 0.5) is 10.1 Å². The highest BCUT2D eigenvalue weighted by atomic mass is 19.1. The van der Waals surface area contributed by atoms with Gasteiger partial charge in [-0.25, -0.2) is 0 Å². The number of carbonyl (C=O) groups is 1. The van der Waals surface area contributed by atoms with E-state index in [2.05, 4.69) is 29.3 Å². The van der Waals surface area contributed by atoms with Gasteiger partial charge >= 0.3 is 0 Å². The molecule has 0 bridgehead atoms. The summed E-state index contributed by atoms with van der Waals surface area (Å²) in [6.45, 7) is 7.71. The zero-order valence-electron chi connectivity index (χ0n) is 13.2. The Balaban J connectivity index is 1.96. The van der Waals surface area contributed by atoms with Gasteiger partial charge in [0.25, 0.3) is 0 Å². The van der Waals surface area contributed by atoms with Crippen LogP contribution in [0.2, 0.25) is 0 Å². The van der Waals surface area contributed by atoms with Gasteiger partial charge in [-0.3, -0.25) is 14.1 Å². The summed E-state index contributed by atoms with van der Waals surface area (Å²) in [6, 6.07) is 4.14. The number of halogens is 1. The topological polar surface area (TPSA) is 32.3 Å². The van der Waals surface area contributed by atoms with Gasteiger partial charge < -0.3 is 5.32 Å². The molecule has 116 valence electrons. The molecular weight excluding hydrogens is 267 g/mol. The molecule has 1 aliphatic rings.